The highest BCUT2D eigenvalue weighted by molar-refractivity contribution is 6.62. The summed E-state index contributed by atoms with van der Waals surface area (Å²) in [6.07, 6.45) is 1.60. The SMILES string of the molecule is CC.CC(Cn1ncc2cc(C#N)ccc21)NC(=O)C(C)(F)F.CC1(C)OB(c2ccccc2)OC1(C)C. The van der Waals surface area contributed by atoms with E-state index in [0.29, 0.717) is 12.5 Å². The lowest BCUT2D eigenvalue weighted by Gasteiger charge is -2.32. The molecular formula is C28H37BF2N4O3. The summed E-state index contributed by atoms with van der Waals surface area (Å²) in [4.78, 5) is 11.2. The molecule has 4 rings (SSSR count). The minimum absolute atomic E-state index is 0.240. The van der Waals surface area contributed by atoms with Gasteiger partial charge in [-0.05, 0) is 58.3 Å². The average molecular weight is 526 g/mol. The number of fused-ring (bicyclic) bond motifs is 1. The van der Waals surface area contributed by atoms with Gasteiger partial charge in [0.05, 0.1) is 41.1 Å². The fourth-order valence-electron chi connectivity index (χ4n) is 3.55. The van der Waals surface area contributed by atoms with E-state index in [1.54, 1.807) is 36.0 Å². The van der Waals surface area contributed by atoms with E-state index in [4.69, 9.17) is 14.6 Å². The van der Waals surface area contributed by atoms with Gasteiger partial charge in [0, 0.05) is 18.4 Å². The maximum Gasteiger partial charge on any atom is 0.494 e. The number of nitrogens with zero attached hydrogens (tertiary/aromatic N) is 3. The fourth-order valence-corrected chi connectivity index (χ4v) is 3.55. The van der Waals surface area contributed by atoms with E-state index in [9.17, 15) is 13.6 Å². The average Bonchev–Trinajstić information content (AvgIpc) is 3.36. The minimum Gasteiger partial charge on any atom is -0.399 e. The van der Waals surface area contributed by atoms with Gasteiger partial charge >= 0.3 is 13.0 Å². The lowest BCUT2D eigenvalue weighted by Crippen LogP contribution is -2.44. The third-order valence-electron chi connectivity index (χ3n) is 6.32. The Kier molecular flexibility index (Phi) is 10.2. The lowest BCUT2D eigenvalue weighted by atomic mass is 9.79. The van der Waals surface area contributed by atoms with Gasteiger partial charge in [-0.15, -0.1) is 0 Å². The van der Waals surface area contributed by atoms with Crippen LogP contribution in [-0.2, 0) is 20.6 Å². The van der Waals surface area contributed by atoms with Crippen molar-refractivity contribution in [3.05, 3.63) is 60.3 Å². The molecule has 1 aromatic heterocycles. The Morgan fingerprint density at radius 1 is 1.13 bits per heavy atom. The Hall–Kier alpha value is -3.29. The normalized spacial score (nSPS) is 16.4. The summed E-state index contributed by atoms with van der Waals surface area (Å²) in [5.41, 5.74) is 1.87. The van der Waals surface area contributed by atoms with Crippen LogP contribution >= 0.6 is 0 Å². The Labute approximate surface area is 224 Å². The standard InChI is InChI=1S/C14H14F2N4O.C12H17BO2.C2H6/c1-9(19-13(21)14(2,15)16)8-20-12-4-3-10(6-17)5-11(12)7-18-20;1-11(2)12(3,4)15-13(14-11)10-8-6-5-7-9-10;1-2/h3-5,7,9H,8H2,1-2H3,(H,19,21);5-9H,1-4H3;1-2H3. The number of hydrogen-bond donors (Lipinski definition) is 1. The molecule has 38 heavy (non-hydrogen) atoms. The van der Waals surface area contributed by atoms with Crippen molar-refractivity contribution < 1.29 is 22.9 Å². The van der Waals surface area contributed by atoms with Crippen molar-refractivity contribution in [1.82, 2.24) is 15.1 Å². The summed E-state index contributed by atoms with van der Waals surface area (Å²) in [7, 11) is -0.240. The van der Waals surface area contributed by atoms with E-state index in [2.05, 4.69) is 38.1 Å². The fraction of sp³-hybridized carbons (Fsp3) is 0.464. The van der Waals surface area contributed by atoms with Crippen molar-refractivity contribution in [2.75, 3.05) is 0 Å². The molecule has 0 bridgehead atoms. The van der Waals surface area contributed by atoms with Gasteiger partial charge in [-0.2, -0.15) is 19.1 Å². The molecule has 1 unspecified atom stereocenters. The third-order valence-corrected chi connectivity index (χ3v) is 6.32. The zero-order valence-electron chi connectivity index (χ0n) is 23.4. The largest absolute Gasteiger partial charge is 0.494 e. The quantitative estimate of drug-likeness (QED) is 0.469. The van der Waals surface area contributed by atoms with E-state index in [1.807, 2.05) is 50.2 Å². The van der Waals surface area contributed by atoms with Gasteiger partial charge in [-0.25, -0.2) is 0 Å². The second-order valence-corrected chi connectivity index (χ2v) is 9.97. The molecule has 1 amide bonds. The summed E-state index contributed by atoms with van der Waals surface area (Å²) in [6, 6.07) is 16.7. The summed E-state index contributed by atoms with van der Waals surface area (Å²) in [5, 5.41) is 16.0. The summed E-state index contributed by atoms with van der Waals surface area (Å²) in [5.74, 6) is -4.71. The van der Waals surface area contributed by atoms with Crippen molar-refractivity contribution in [2.24, 2.45) is 0 Å². The maximum atomic E-state index is 12.8. The number of carbonyl (C=O) groups excluding carboxylic acids is 1. The first kappa shape index (κ1) is 30.9. The van der Waals surface area contributed by atoms with Crippen LogP contribution in [0.3, 0.4) is 0 Å². The Morgan fingerprint density at radius 3 is 2.24 bits per heavy atom. The number of amides is 1. The highest BCUT2D eigenvalue weighted by Gasteiger charge is 2.51. The van der Waals surface area contributed by atoms with Crippen LogP contribution in [0, 0.1) is 11.3 Å². The van der Waals surface area contributed by atoms with E-state index < -0.39 is 17.9 Å². The number of carbonyl (C=O) groups is 1. The molecule has 1 aliphatic heterocycles. The number of benzene rings is 2. The van der Waals surface area contributed by atoms with Crippen molar-refractivity contribution in [3.8, 4) is 6.07 Å². The number of hydrogen-bond acceptors (Lipinski definition) is 5. The van der Waals surface area contributed by atoms with Crippen molar-refractivity contribution in [1.29, 1.82) is 5.26 Å². The first-order valence-electron chi connectivity index (χ1n) is 12.7. The smallest absolute Gasteiger partial charge is 0.399 e. The van der Waals surface area contributed by atoms with Crippen LogP contribution in [-0.4, -0.2) is 46.0 Å². The predicted octanol–water partition coefficient (Wildman–Crippen LogP) is 5.08. The molecule has 0 saturated carbocycles. The predicted molar refractivity (Wildman–Crippen MR) is 146 cm³/mol. The van der Waals surface area contributed by atoms with Crippen LogP contribution < -0.4 is 10.8 Å². The maximum absolute atomic E-state index is 12.8. The van der Waals surface area contributed by atoms with Crippen LogP contribution in [0.2, 0.25) is 0 Å². The Bertz CT molecular complexity index is 1230. The van der Waals surface area contributed by atoms with Crippen LogP contribution in [0.15, 0.2) is 54.7 Å². The second-order valence-electron chi connectivity index (χ2n) is 9.97. The van der Waals surface area contributed by atoms with Crippen molar-refractivity contribution in [3.63, 3.8) is 0 Å². The molecule has 204 valence electrons. The molecule has 0 spiro atoms. The van der Waals surface area contributed by atoms with Crippen molar-refractivity contribution >= 4 is 29.4 Å². The number of aromatic nitrogens is 2. The molecule has 1 atom stereocenters. The van der Waals surface area contributed by atoms with Crippen LogP contribution in [0.5, 0.6) is 0 Å². The molecule has 0 radical (unpaired) electrons. The summed E-state index contributed by atoms with van der Waals surface area (Å²) < 4.78 is 39.1. The number of halogens is 2. The topological polar surface area (TPSA) is 89.2 Å². The zero-order valence-corrected chi connectivity index (χ0v) is 23.4. The number of nitriles is 1. The molecular weight excluding hydrogens is 489 g/mol. The molecule has 1 fully saturated rings. The van der Waals surface area contributed by atoms with Crippen LogP contribution in [0.4, 0.5) is 8.78 Å². The molecule has 3 aromatic rings. The number of nitrogens with one attached hydrogen (secondary N) is 1. The number of rotatable bonds is 5. The molecule has 1 N–H and O–H groups in total. The molecule has 0 aliphatic carbocycles. The highest BCUT2D eigenvalue weighted by atomic mass is 19.3. The second kappa shape index (κ2) is 12.5. The van der Waals surface area contributed by atoms with Crippen molar-refractivity contribution in [2.45, 2.75) is 85.1 Å². The van der Waals surface area contributed by atoms with E-state index in [1.165, 1.54) is 0 Å². The minimum atomic E-state index is -3.40. The van der Waals surface area contributed by atoms with Gasteiger partial charge in [0.2, 0.25) is 0 Å². The van der Waals surface area contributed by atoms with Gasteiger partial charge in [0.25, 0.3) is 5.91 Å². The number of alkyl halides is 2. The molecule has 10 heteroatoms. The Morgan fingerprint density at radius 2 is 1.71 bits per heavy atom. The van der Waals surface area contributed by atoms with E-state index in [-0.39, 0.29) is 24.9 Å². The van der Waals surface area contributed by atoms with Gasteiger partial charge in [0.15, 0.2) is 0 Å². The van der Waals surface area contributed by atoms with Crippen LogP contribution in [0.25, 0.3) is 10.9 Å². The summed E-state index contributed by atoms with van der Waals surface area (Å²) in [6.45, 7) is 14.7. The molecule has 2 aromatic carbocycles. The molecule has 7 nitrogen and oxygen atoms in total. The van der Waals surface area contributed by atoms with E-state index >= 15 is 0 Å². The van der Waals surface area contributed by atoms with Gasteiger partial charge in [-0.3, -0.25) is 9.48 Å². The third kappa shape index (κ3) is 7.62. The van der Waals surface area contributed by atoms with Gasteiger partial charge in [-0.1, -0.05) is 44.2 Å². The molecule has 1 saturated heterocycles. The zero-order chi connectivity index (χ0) is 28.7. The van der Waals surface area contributed by atoms with Gasteiger partial charge in [0.1, 0.15) is 0 Å². The summed E-state index contributed by atoms with van der Waals surface area (Å²) >= 11 is 0. The first-order valence-corrected chi connectivity index (χ1v) is 12.7. The Balaban J connectivity index is 0.000000262. The highest BCUT2D eigenvalue weighted by Crippen LogP contribution is 2.36. The van der Waals surface area contributed by atoms with Crippen LogP contribution in [0.1, 0.15) is 61.0 Å². The van der Waals surface area contributed by atoms with E-state index in [0.717, 1.165) is 16.4 Å². The monoisotopic (exact) mass is 526 g/mol. The molecule has 1 aliphatic rings. The lowest BCUT2D eigenvalue weighted by molar-refractivity contribution is -0.143. The van der Waals surface area contributed by atoms with Gasteiger partial charge < -0.3 is 14.6 Å². The first-order chi connectivity index (χ1) is 17.7. The molecule has 2 heterocycles.